The van der Waals surface area contributed by atoms with Crippen molar-refractivity contribution in [2.75, 3.05) is 25.6 Å². The Morgan fingerprint density at radius 2 is 1.44 bits per heavy atom. The van der Waals surface area contributed by atoms with Crippen LogP contribution in [0.15, 0.2) is 36.4 Å². The van der Waals surface area contributed by atoms with Crippen LogP contribution in [-0.4, -0.2) is 36.2 Å². The first kappa shape index (κ1) is 19.8. The summed E-state index contributed by atoms with van der Waals surface area (Å²) >= 11 is 0. The first-order valence-corrected chi connectivity index (χ1v) is 6.82. The van der Waals surface area contributed by atoms with Gasteiger partial charge in [0.05, 0.1) is 18.2 Å². The fourth-order valence-electron chi connectivity index (χ4n) is 1.68. The maximum absolute atomic E-state index is 12.8. The van der Waals surface area contributed by atoms with E-state index in [1.807, 2.05) is 0 Å². The molecular weight excluding hydrogens is 336 g/mol. The molecule has 5 N–H and O–H groups in total. The van der Waals surface area contributed by atoms with Crippen LogP contribution in [0.1, 0.15) is 20.7 Å². The van der Waals surface area contributed by atoms with E-state index in [2.05, 4.69) is 4.84 Å². The van der Waals surface area contributed by atoms with Crippen LogP contribution in [0.5, 0.6) is 0 Å². The number of carbonyl (C=O) groups excluding carboxylic acids is 1. The molecule has 2 aromatic rings. The summed E-state index contributed by atoms with van der Waals surface area (Å²) in [5, 5.41) is 9.42. The van der Waals surface area contributed by atoms with E-state index in [0.29, 0.717) is 0 Å². The zero-order chi connectivity index (χ0) is 19.1. The van der Waals surface area contributed by atoms with Crippen molar-refractivity contribution in [1.29, 1.82) is 0 Å². The van der Waals surface area contributed by atoms with Gasteiger partial charge in [-0.25, -0.2) is 18.6 Å². The molecule has 1 amide bonds. The Morgan fingerprint density at radius 1 is 1.00 bits per heavy atom. The molecule has 0 atom stereocenters. The largest absolute Gasteiger partial charge is 0.478 e. The lowest BCUT2D eigenvalue weighted by molar-refractivity contribution is -0.0756. The summed E-state index contributed by atoms with van der Waals surface area (Å²) in [5.74, 6) is -2.81. The number of nitrogen functional groups attached to an aromatic ring is 2. The summed E-state index contributed by atoms with van der Waals surface area (Å²) in [5.41, 5.74) is 10.9. The predicted molar refractivity (Wildman–Crippen MR) is 87.7 cm³/mol. The highest BCUT2D eigenvalue weighted by Crippen LogP contribution is 2.15. The number of carboxylic acid groups (broad SMARTS) is 1. The molecule has 25 heavy (non-hydrogen) atoms. The van der Waals surface area contributed by atoms with Gasteiger partial charge in [0.15, 0.2) is 0 Å². The molecule has 0 aromatic heterocycles. The third-order valence-corrected chi connectivity index (χ3v) is 3.05. The second-order valence-corrected chi connectivity index (χ2v) is 4.75. The SMILES string of the molecule is CON(C)C(=O)c1cc(F)ccc1N.Nc1ccc(F)cc1C(=O)O. The first-order chi connectivity index (χ1) is 11.7. The molecule has 0 unspecified atom stereocenters. The van der Waals surface area contributed by atoms with Gasteiger partial charge in [0, 0.05) is 18.4 Å². The monoisotopic (exact) mass is 353 g/mol. The zero-order valence-electron chi connectivity index (χ0n) is 13.5. The van der Waals surface area contributed by atoms with Crippen LogP contribution in [0.2, 0.25) is 0 Å². The van der Waals surface area contributed by atoms with Crippen molar-refractivity contribution >= 4 is 23.3 Å². The molecule has 9 heteroatoms. The number of hydrogen-bond donors (Lipinski definition) is 3. The number of carbonyl (C=O) groups is 2. The van der Waals surface area contributed by atoms with Crippen LogP contribution >= 0.6 is 0 Å². The fraction of sp³-hybridized carbons (Fsp3) is 0.125. The van der Waals surface area contributed by atoms with Gasteiger partial charge in [-0.3, -0.25) is 9.63 Å². The predicted octanol–water partition coefficient (Wildman–Crippen LogP) is 2.15. The molecule has 0 bridgehead atoms. The molecule has 2 rings (SSSR count). The average Bonchev–Trinajstić information content (AvgIpc) is 2.58. The number of aromatic carboxylic acids is 1. The van der Waals surface area contributed by atoms with Crippen molar-refractivity contribution < 1.29 is 28.3 Å². The molecule has 0 saturated carbocycles. The minimum absolute atomic E-state index is 0.0684. The van der Waals surface area contributed by atoms with Crippen molar-refractivity contribution in [1.82, 2.24) is 5.06 Å². The van der Waals surface area contributed by atoms with Gasteiger partial charge >= 0.3 is 5.97 Å². The van der Waals surface area contributed by atoms with E-state index in [0.717, 1.165) is 23.3 Å². The third kappa shape index (κ3) is 5.43. The van der Waals surface area contributed by atoms with E-state index in [9.17, 15) is 18.4 Å². The van der Waals surface area contributed by atoms with E-state index in [1.165, 1.54) is 32.4 Å². The highest BCUT2D eigenvalue weighted by Gasteiger charge is 2.15. The van der Waals surface area contributed by atoms with E-state index >= 15 is 0 Å². The second-order valence-electron chi connectivity index (χ2n) is 4.75. The number of nitrogens with two attached hydrogens (primary N) is 2. The number of hydroxylamine groups is 2. The van der Waals surface area contributed by atoms with Crippen LogP contribution in [-0.2, 0) is 4.84 Å². The molecule has 7 nitrogen and oxygen atoms in total. The Balaban J connectivity index is 0.000000257. The quantitative estimate of drug-likeness (QED) is 0.575. The molecule has 0 aliphatic heterocycles. The number of anilines is 2. The van der Waals surface area contributed by atoms with Crippen LogP contribution in [0.4, 0.5) is 20.2 Å². The van der Waals surface area contributed by atoms with Crippen molar-refractivity contribution in [3.63, 3.8) is 0 Å². The van der Waals surface area contributed by atoms with Crippen molar-refractivity contribution in [2.24, 2.45) is 0 Å². The molecule has 0 aliphatic carbocycles. The number of carboxylic acids is 1. The highest BCUT2D eigenvalue weighted by atomic mass is 19.1. The molecule has 0 radical (unpaired) electrons. The Labute approximate surface area is 142 Å². The number of amides is 1. The Hall–Kier alpha value is -3.20. The molecule has 0 heterocycles. The van der Waals surface area contributed by atoms with E-state index in [-0.39, 0.29) is 22.5 Å². The topological polar surface area (TPSA) is 119 Å². The Kier molecular flexibility index (Phi) is 6.82. The summed E-state index contributed by atoms with van der Waals surface area (Å²) in [6, 6.07) is 6.83. The first-order valence-electron chi connectivity index (χ1n) is 6.82. The zero-order valence-corrected chi connectivity index (χ0v) is 13.5. The lowest BCUT2D eigenvalue weighted by Gasteiger charge is -2.14. The number of hydrogen-bond acceptors (Lipinski definition) is 5. The van der Waals surface area contributed by atoms with Crippen LogP contribution < -0.4 is 11.5 Å². The van der Waals surface area contributed by atoms with E-state index in [4.69, 9.17) is 16.6 Å². The van der Waals surface area contributed by atoms with Crippen molar-refractivity contribution in [3.8, 4) is 0 Å². The number of halogens is 2. The van der Waals surface area contributed by atoms with Gasteiger partial charge < -0.3 is 16.6 Å². The van der Waals surface area contributed by atoms with Gasteiger partial charge in [0.25, 0.3) is 5.91 Å². The summed E-state index contributed by atoms with van der Waals surface area (Å²) < 4.78 is 25.2. The maximum Gasteiger partial charge on any atom is 0.337 e. The third-order valence-electron chi connectivity index (χ3n) is 3.05. The molecule has 2 aromatic carbocycles. The normalized spacial score (nSPS) is 9.76. The van der Waals surface area contributed by atoms with Gasteiger partial charge in [-0.2, -0.15) is 0 Å². The van der Waals surface area contributed by atoms with Crippen LogP contribution in [0.3, 0.4) is 0 Å². The molecule has 0 saturated heterocycles. The van der Waals surface area contributed by atoms with Gasteiger partial charge in [-0.1, -0.05) is 0 Å². The Morgan fingerprint density at radius 3 is 1.84 bits per heavy atom. The number of rotatable bonds is 3. The van der Waals surface area contributed by atoms with Gasteiger partial charge in [0.1, 0.15) is 11.6 Å². The molecule has 0 spiro atoms. The Bertz CT molecular complexity index is 784. The van der Waals surface area contributed by atoms with Crippen LogP contribution in [0, 0.1) is 11.6 Å². The summed E-state index contributed by atoms with van der Waals surface area (Å²) in [4.78, 5) is 26.5. The van der Waals surface area contributed by atoms with Crippen molar-refractivity contribution in [3.05, 3.63) is 59.2 Å². The molecule has 0 fully saturated rings. The van der Waals surface area contributed by atoms with E-state index in [1.54, 1.807) is 0 Å². The van der Waals surface area contributed by atoms with E-state index < -0.39 is 23.5 Å². The van der Waals surface area contributed by atoms with Gasteiger partial charge in [0.2, 0.25) is 0 Å². The van der Waals surface area contributed by atoms with Gasteiger partial charge in [-0.05, 0) is 36.4 Å². The van der Waals surface area contributed by atoms with Crippen molar-refractivity contribution in [2.45, 2.75) is 0 Å². The maximum atomic E-state index is 12.8. The lowest BCUT2D eigenvalue weighted by Crippen LogP contribution is -2.26. The average molecular weight is 353 g/mol. The minimum atomic E-state index is -1.22. The second kappa shape index (κ2) is 8.60. The summed E-state index contributed by atoms with van der Waals surface area (Å²) in [6.45, 7) is 0. The van der Waals surface area contributed by atoms with Crippen LogP contribution in [0.25, 0.3) is 0 Å². The van der Waals surface area contributed by atoms with Gasteiger partial charge in [-0.15, -0.1) is 0 Å². The molecule has 134 valence electrons. The molecule has 0 aliphatic rings. The summed E-state index contributed by atoms with van der Waals surface area (Å²) in [6.07, 6.45) is 0. The molecular formula is C16H17F2N3O4. The number of nitrogens with zero attached hydrogens (tertiary/aromatic N) is 1. The summed E-state index contributed by atoms with van der Waals surface area (Å²) in [7, 11) is 2.76. The minimum Gasteiger partial charge on any atom is -0.478 e. The standard InChI is InChI=1S/C9H11FN2O2.C7H6FNO2/c1-12(14-2)9(13)7-5-6(10)3-4-8(7)11;8-4-1-2-6(9)5(3-4)7(10)11/h3-5H,11H2,1-2H3;1-3H,9H2,(H,10,11). The fourth-order valence-corrected chi connectivity index (χ4v) is 1.68. The number of benzene rings is 2. The lowest BCUT2D eigenvalue weighted by atomic mass is 10.1. The smallest absolute Gasteiger partial charge is 0.337 e. The highest BCUT2D eigenvalue weighted by molar-refractivity contribution is 5.98.